The van der Waals surface area contributed by atoms with Gasteiger partial charge in [-0.25, -0.2) is 4.98 Å². The van der Waals surface area contributed by atoms with Crippen molar-refractivity contribution in [2.75, 3.05) is 12.4 Å². The number of aryl methyl sites for hydroxylation is 1. The lowest BCUT2D eigenvalue weighted by Crippen LogP contribution is -2.44. The van der Waals surface area contributed by atoms with E-state index >= 15 is 0 Å². The second kappa shape index (κ2) is 6.50. The Morgan fingerprint density at radius 1 is 1.35 bits per heavy atom. The van der Waals surface area contributed by atoms with Gasteiger partial charge < -0.3 is 10.2 Å². The Labute approximate surface area is 139 Å². The van der Waals surface area contributed by atoms with Crippen LogP contribution in [0.25, 0.3) is 0 Å². The lowest BCUT2D eigenvalue weighted by molar-refractivity contribution is -0.140. The van der Waals surface area contributed by atoms with Gasteiger partial charge >= 0.3 is 0 Å². The van der Waals surface area contributed by atoms with Crippen molar-refractivity contribution < 1.29 is 9.59 Å². The number of piperidine rings is 1. The van der Waals surface area contributed by atoms with Crippen LogP contribution in [0.4, 0.5) is 5.13 Å². The van der Waals surface area contributed by atoms with Crippen molar-refractivity contribution in [2.24, 2.45) is 5.92 Å². The number of carbonyl (C=O) groups is 2. The number of benzene rings is 1. The molecule has 2 amide bonds. The molecule has 5 nitrogen and oxygen atoms in total. The minimum absolute atomic E-state index is 0.0777. The SMILES string of the molecule is Cc1ccc(C2C(C(=O)Nc3nccs3)CCC(=O)N2C)cc1. The van der Waals surface area contributed by atoms with Crippen molar-refractivity contribution in [3.8, 4) is 0 Å². The number of carbonyl (C=O) groups excluding carboxylic acids is 2. The van der Waals surface area contributed by atoms with Crippen molar-refractivity contribution in [1.29, 1.82) is 0 Å². The van der Waals surface area contributed by atoms with Gasteiger partial charge in [0.2, 0.25) is 11.8 Å². The predicted octanol–water partition coefficient (Wildman–Crippen LogP) is 3.00. The van der Waals surface area contributed by atoms with E-state index in [0.29, 0.717) is 18.0 Å². The summed E-state index contributed by atoms with van der Waals surface area (Å²) in [6, 6.07) is 7.78. The Bertz CT molecular complexity index is 697. The summed E-state index contributed by atoms with van der Waals surface area (Å²) in [5.74, 6) is -0.275. The van der Waals surface area contributed by atoms with E-state index in [-0.39, 0.29) is 23.8 Å². The third-order valence-electron chi connectivity index (χ3n) is 4.28. The second-order valence-electron chi connectivity index (χ2n) is 5.83. The van der Waals surface area contributed by atoms with Crippen LogP contribution in [-0.4, -0.2) is 28.7 Å². The Kier molecular flexibility index (Phi) is 4.43. The first-order chi connectivity index (χ1) is 11.1. The molecule has 2 aromatic rings. The van der Waals surface area contributed by atoms with E-state index in [0.717, 1.165) is 11.1 Å². The van der Waals surface area contributed by atoms with Crippen LogP contribution in [0.15, 0.2) is 35.8 Å². The molecule has 0 saturated carbocycles. The Balaban J connectivity index is 1.88. The molecule has 2 unspecified atom stereocenters. The maximum atomic E-state index is 12.7. The lowest BCUT2D eigenvalue weighted by Gasteiger charge is -2.38. The summed E-state index contributed by atoms with van der Waals surface area (Å²) in [4.78, 5) is 30.6. The molecule has 6 heteroatoms. The van der Waals surface area contributed by atoms with Gasteiger partial charge in [0.25, 0.3) is 0 Å². The maximum Gasteiger partial charge on any atom is 0.231 e. The number of rotatable bonds is 3. The van der Waals surface area contributed by atoms with Crippen molar-refractivity contribution in [2.45, 2.75) is 25.8 Å². The first-order valence-corrected chi connectivity index (χ1v) is 8.47. The van der Waals surface area contributed by atoms with E-state index in [2.05, 4.69) is 10.3 Å². The third-order valence-corrected chi connectivity index (χ3v) is 4.97. The molecule has 0 bridgehead atoms. The van der Waals surface area contributed by atoms with Gasteiger partial charge in [0.15, 0.2) is 5.13 Å². The number of thiazole rings is 1. The number of likely N-dealkylation sites (tertiary alicyclic amines) is 1. The molecular formula is C17H19N3O2S. The maximum absolute atomic E-state index is 12.7. The van der Waals surface area contributed by atoms with Gasteiger partial charge in [-0.3, -0.25) is 9.59 Å². The molecule has 0 spiro atoms. The molecule has 23 heavy (non-hydrogen) atoms. The van der Waals surface area contributed by atoms with Gasteiger partial charge in [0.05, 0.1) is 12.0 Å². The summed E-state index contributed by atoms with van der Waals surface area (Å²) in [6.45, 7) is 2.02. The van der Waals surface area contributed by atoms with Crippen LogP contribution in [0.2, 0.25) is 0 Å². The van der Waals surface area contributed by atoms with Crippen molar-refractivity contribution >= 4 is 28.3 Å². The largest absolute Gasteiger partial charge is 0.338 e. The molecule has 1 fully saturated rings. The summed E-state index contributed by atoms with van der Waals surface area (Å²) in [6.07, 6.45) is 2.61. The van der Waals surface area contributed by atoms with E-state index < -0.39 is 0 Å². The second-order valence-corrected chi connectivity index (χ2v) is 6.73. The lowest BCUT2D eigenvalue weighted by atomic mass is 9.84. The average Bonchev–Trinajstić information content (AvgIpc) is 3.04. The Morgan fingerprint density at radius 3 is 2.74 bits per heavy atom. The zero-order chi connectivity index (χ0) is 16.4. The molecule has 1 aromatic heterocycles. The van der Waals surface area contributed by atoms with E-state index in [4.69, 9.17) is 0 Å². The van der Waals surface area contributed by atoms with Gasteiger partial charge in [0, 0.05) is 25.0 Å². The number of aromatic nitrogens is 1. The summed E-state index contributed by atoms with van der Waals surface area (Å²) >= 11 is 1.39. The number of amides is 2. The molecule has 0 aliphatic carbocycles. The van der Waals surface area contributed by atoms with Gasteiger partial charge in [-0.05, 0) is 18.9 Å². The topological polar surface area (TPSA) is 62.3 Å². The van der Waals surface area contributed by atoms with Crippen LogP contribution in [0.1, 0.15) is 30.0 Å². The highest BCUT2D eigenvalue weighted by Gasteiger charge is 2.38. The molecule has 1 aromatic carbocycles. The molecule has 1 aliphatic heterocycles. The molecule has 1 saturated heterocycles. The van der Waals surface area contributed by atoms with Gasteiger partial charge in [0.1, 0.15) is 0 Å². The molecule has 1 N–H and O–H groups in total. The molecule has 2 heterocycles. The van der Waals surface area contributed by atoms with Gasteiger partial charge in [-0.15, -0.1) is 11.3 Å². The number of hydrogen-bond acceptors (Lipinski definition) is 4. The first-order valence-electron chi connectivity index (χ1n) is 7.59. The number of hydrogen-bond donors (Lipinski definition) is 1. The van der Waals surface area contributed by atoms with Crippen molar-refractivity contribution in [3.05, 3.63) is 47.0 Å². The average molecular weight is 329 g/mol. The molecule has 3 rings (SSSR count). The third kappa shape index (κ3) is 3.27. The molecular weight excluding hydrogens is 310 g/mol. The van der Waals surface area contributed by atoms with Crippen LogP contribution in [0.5, 0.6) is 0 Å². The molecule has 0 radical (unpaired) electrons. The Hall–Kier alpha value is -2.21. The highest BCUT2D eigenvalue weighted by Crippen LogP contribution is 2.36. The monoisotopic (exact) mass is 329 g/mol. The minimum atomic E-state index is -0.274. The highest BCUT2D eigenvalue weighted by atomic mass is 32.1. The van der Waals surface area contributed by atoms with E-state index in [9.17, 15) is 9.59 Å². The first kappa shape index (κ1) is 15.7. The normalized spacial score (nSPS) is 21.3. The molecule has 2 atom stereocenters. The standard InChI is InChI=1S/C17H19N3O2S/c1-11-3-5-12(6-4-11)15-13(7-8-14(21)20(15)2)16(22)19-17-18-9-10-23-17/h3-6,9-10,13,15H,7-8H2,1-2H3,(H,18,19,22). The fraction of sp³-hybridized carbons (Fsp3) is 0.353. The van der Waals surface area contributed by atoms with Crippen LogP contribution < -0.4 is 5.32 Å². The van der Waals surface area contributed by atoms with Gasteiger partial charge in [-0.2, -0.15) is 0 Å². The fourth-order valence-corrected chi connectivity index (χ4v) is 3.55. The van der Waals surface area contributed by atoms with E-state index in [1.165, 1.54) is 11.3 Å². The zero-order valence-corrected chi connectivity index (χ0v) is 14.0. The summed E-state index contributed by atoms with van der Waals surface area (Å²) < 4.78 is 0. The van der Waals surface area contributed by atoms with Crippen molar-refractivity contribution in [1.82, 2.24) is 9.88 Å². The van der Waals surface area contributed by atoms with Gasteiger partial charge in [-0.1, -0.05) is 29.8 Å². The molecule has 120 valence electrons. The Morgan fingerprint density at radius 2 is 2.09 bits per heavy atom. The molecule has 1 aliphatic rings. The van der Waals surface area contributed by atoms with Crippen LogP contribution in [0, 0.1) is 12.8 Å². The predicted molar refractivity (Wildman–Crippen MR) is 90.2 cm³/mol. The van der Waals surface area contributed by atoms with Crippen LogP contribution in [0.3, 0.4) is 0 Å². The highest BCUT2D eigenvalue weighted by molar-refractivity contribution is 7.13. The quantitative estimate of drug-likeness (QED) is 0.941. The number of nitrogens with zero attached hydrogens (tertiary/aromatic N) is 2. The van der Waals surface area contributed by atoms with Crippen LogP contribution in [-0.2, 0) is 9.59 Å². The van der Waals surface area contributed by atoms with Crippen molar-refractivity contribution in [3.63, 3.8) is 0 Å². The summed E-state index contributed by atoms with van der Waals surface area (Å²) in [7, 11) is 1.77. The van der Waals surface area contributed by atoms with E-state index in [1.807, 2.05) is 36.6 Å². The van der Waals surface area contributed by atoms with E-state index in [1.54, 1.807) is 18.1 Å². The smallest absolute Gasteiger partial charge is 0.231 e. The fourth-order valence-electron chi connectivity index (χ4n) is 3.02. The number of nitrogens with one attached hydrogen (secondary N) is 1. The van der Waals surface area contributed by atoms with Crippen LogP contribution >= 0.6 is 11.3 Å². The number of anilines is 1. The summed E-state index contributed by atoms with van der Waals surface area (Å²) in [5, 5.41) is 5.29. The zero-order valence-electron chi connectivity index (χ0n) is 13.2. The minimum Gasteiger partial charge on any atom is -0.338 e. The summed E-state index contributed by atoms with van der Waals surface area (Å²) in [5.41, 5.74) is 2.15.